The van der Waals surface area contributed by atoms with Crippen molar-refractivity contribution in [3.63, 3.8) is 0 Å². The van der Waals surface area contributed by atoms with Gasteiger partial charge in [-0.3, -0.25) is 0 Å². The highest BCUT2D eigenvalue weighted by Gasteiger charge is 2.13. The van der Waals surface area contributed by atoms with E-state index < -0.39 is 6.61 Å². The smallest absolute Gasteiger partial charge is 0.387 e. The number of benzene rings is 1. The molecule has 0 bridgehead atoms. The zero-order valence-corrected chi connectivity index (χ0v) is 7.41. The molecule has 1 aromatic rings. The van der Waals surface area contributed by atoms with Gasteiger partial charge < -0.3 is 14.6 Å². The number of alkyl halides is 2. The Bertz CT molecular complexity index is 302. The highest BCUT2D eigenvalue weighted by atomic mass is 19.3. The molecule has 0 aromatic heterocycles. The van der Waals surface area contributed by atoms with Crippen molar-refractivity contribution in [3.8, 4) is 11.5 Å². The fraction of sp³-hybridized carbons (Fsp3) is 0.222. The van der Waals surface area contributed by atoms with Gasteiger partial charge in [0, 0.05) is 5.56 Å². The van der Waals surface area contributed by atoms with E-state index in [2.05, 4.69) is 4.74 Å². The molecule has 1 aromatic carbocycles. The van der Waals surface area contributed by atoms with Gasteiger partial charge in [-0.05, 0) is 6.07 Å². The summed E-state index contributed by atoms with van der Waals surface area (Å²) in [5, 5.41) is 8.76. The minimum absolute atomic E-state index is 0.0790. The third-order valence-electron chi connectivity index (χ3n) is 1.57. The third kappa shape index (κ3) is 2.32. The zero-order valence-electron chi connectivity index (χ0n) is 7.41. The van der Waals surface area contributed by atoms with Gasteiger partial charge in [-0.25, -0.2) is 0 Å². The van der Waals surface area contributed by atoms with E-state index in [1.807, 2.05) is 0 Å². The van der Waals surface area contributed by atoms with Crippen molar-refractivity contribution in [1.82, 2.24) is 0 Å². The summed E-state index contributed by atoms with van der Waals surface area (Å²) in [6, 6.07) is 4.32. The topological polar surface area (TPSA) is 38.7 Å². The van der Waals surface area contributed by atoms with E-state index in [9.17, 15) is 8.78 Å². The van der Waals surface area contributed by atoms with Crippen molar-refractivity contribution in [3.05, 3.63) is 30.4 Å². The second-order valence-corrected chi connectivity index (χ2v) is 2.39. The maximum atomic E-state index is 11.9. The summed E-state index contributed by atoms with van der Waals surface area (Å²) in [6.45, 7) is -2.16. The molecule has 0 amide bonds. The molecule has 0 spiro atoms. The predicted octanol–water partition coefficient (Wildman–Crippen LogP) is 2.18. The number of hydrogen-bond acceptors (Lipinski definition) is 3. The normalized spacial score (nSPS) is 10.4. The lowest BCUT2D eigenvalue weighted by Gasteiger charge is -2.11. The van der Waals surface area contributed by atoms with Gasteiger partial charge in [0.05, 0.1) is 7.11 Å². The van der Waals surface area contributed by atoms with E-state index in [1.165, 1.54) is 25.3 Å². The molecule has 1 radical (unpaired) electrons. The summed E-state index contributed by atoms with van der Waals surface area (Å²) in [5.41, 5.74) is 0.283. The van der Waals surface area contributed by atoms with Crippen molar-refractivity contribution < 1.29 is 23.4 Å². The summed E-state index contributed by atoms with van der Waals surface area (Å²) in [7, 11) is 1.31. The van der Waals surface area contributed by atoms with E-state index in [-0.39, 0.29) is 17.1 Å². The number of rotatable bonds is 4. The molecule has 14 heavy (non-hydrogen) atoms. The van der Waals surface area contributed by atoms with E-state index >= 15 is 0 Å². The number of methoxy groups -OCH3 is 1. The van der Waals surface area contributed by atoms with Crippen LogP contribution in [0.1, 0.15) is 5.56 Å². The number of hydrogen-bond donors (Lipinski definition) is 1. The third-order valence-corrected chi connectivity index (χ3v) is 1.57. The molecule has 0 aliphatic carbocycles. The van der Waals surface area contributed by atoms with Gasteiger partial charge in [0.2, 0.25) is 0 Å². The lowest BCUT2D eigenvalue weighted by atomic mass is 10.2. The van der Waals surface area contributed by atoms with E-state index in [0.717, 1.165) is 6.61 Å². The Morgan fingerprint density at radius 2 is 2.14 bits per heavy atom. The maximum absolute atomic E-state index is 11.9. The highest BCUT2D eigenvalue weighted by molar-refractivity contribution is 5.48. The lowest BCUT2D eigenvalue weighted by Crippen LogP contribution is -2.04. The van der Waals surface area contributed by atoms with Gasteiger partial charge in [0.15, 0.2) is 11.5 Å². The standard InChI is InChI=1S/C9H9F2O3/c1-13-8-6(5-12)3-2-4-7(8)14-9(10)11/h2-5,9,12H,1H3. The maximum Gasteiger partial charge on any atom is 0.387 e. The van der Waals surface area contributed by atoms with Gasteiger partial charge in [-0.2, -0.15) is 8.78 Å². The lowest BCUT2D eigenvalue weighted by molar-refractivity contribution is -0.0512. The molecule has 1 rings (SSSR count). The van der Waals surface area contributed by atoms with Crippen LogP contribution in [-0.2, 0) is 0 Å². The van der Waals surface area contributed by atoms with E-state index in [4.69, 9.17) is 9.84 Å². The van der Waals surface area contributed by atoms with Crippen LogP contribution in [0.4, 0.5) is 8.78 Å². The van der Waals surface area contributed by atoms with Gasteiger partial charge in [-0.15, -0.1) is 0 Å². The van der Waals surface area contributed by atoms with Gasteiger partial charge >= 0.3 is 6.61 Å². The van der Waals surface area contributed by atoms with Gasteiger partial charge in [0.1, 0.15) is 6.61 Å². The molecule has 0 aliphatic heterocycles. The fourth-order valence-corrected chi connectivity index (χ4v) is 1.04. The molecule has 0 heterocycles. The SMILES string of the molecule is COc1c([CH]O)cccc1OC(F)F. The number of aliphatic hydroxyl groups is 1. The monoisotopic (exact) mass is 203 g/mol. The minimum Gasteiger partial charge on any atom is -0.492 e. The van der Waals surface area contributed by atoms with Crippen molar-refractivity contribution >= 4 is 0 Å². The second kappa shape index (κ2) is 4.76. The van der Waals surface area contributed by atoms with Crippen LogP contribution in [0, 0.1) is 6.61 Å². The van der Waals surface area contributed by atoms with Crippen LogP contribution in [0.3, 0.4) is 0 Å². The van der Waals surface area contributed by atoms with Crippen molar-refractivity contribution in [2.24, 2.45) is 0 Å². The molecule has 0 saturated heterocycles. The number of ether oxygens (including phenoxy) is 2. The Morgan fingerprint density at radius 1 is 1.43 bits per heavy atom. The van der Waals surface area contributed by atoms with Crippen LogP contribution in [0.2, 0.25) is 0 Å². The number of aliphatic hydroxyl groups excluding tert-OH is 1. The molecule has 0 saturated carbocycles. The summed E-state index contributed by atoms with van der Waals surface area (Å²) in [6.07, 6.45) is 0. The highest BCUT2D eigenvalue weighted by Crippen LogP contribution is 2.32. The molecule has 0 atom stereocenters. The van der Waals surface area contributed by atoms with Crippen LogP contribution in [0.5, 0.6) is 11.5 Å². The average molecular weight is 203 g/mol. The number of halogens is 2. The van der Waals surface area contributed by atoms with Crippen LogP contribution in [-0.4, -0.2) is 18.8 Å². The first-order valence-electron chi connectivity index (χ1n) is 3.78. The van der Waals surface area contributed by atoms with Crippen LogP contribution < -0.4 is 9.47 Å². The first-order chi connectivity index (χ1) is 6.69. The molecule has 1 N–H and O–H groups in total. The molecule has 0 fully saturated rings. The summed E-state index contributed by atoms with van der Waals surface area (Å²) in [4.78, 5) is 0. The van der Waals surface area contributed by atoms with Crippen molar-refractivity contribution in [2.75, 3.05) is 7.11 Å². The average Bonchev–Trinajstić information content (AvgIpc) is 2.16. The van der Waals surface area contributed by atoms with E-state index in [0.29, 0.717) is 0 Å². The zero-order chi connectivity index (χ0) is 10.6. The molecule has 3 nitrogen and oxygen atoms in total. The predicted molar refractivity (Wildman–Crippen MR) is 45.0 cm³/mol. The second-order valence-electron chi connectivity index (χ2n) is 2.39. The first kappa shape index (κ1) is 10.7. The summed E-state index contributed by atoms with van der Waals surface area (Å²) in [5.74, 6) is -0.0272. The quantitative estimate of drug-likeness (QED) is 0.815. The van der Waals surface area contributed by atoms with Gasteiger partial charge in [0.25, 0.3) is 0 Å². The molecule has 0 aliphatic rings. The van der Waals surface area contributed by atoms with Crippen LogP contribution in [0.25, 0.3) is 0 Å². The van der Waals surface area contributed by atoms with Crippen LogP contribution in [0.15, 0.2) is 18.2 Å². The van der Waals surface area contributed by atoms with Crippen molar-refractivity contribution in [1.29, 1.82) is 0 Å². The van der Waals surface area contributed by atoms with Crippen LogP contribution >= 0.6 is 0 Å². The molecular formula is C9H9F2O3. The Labute approximate surface area is 79.9 Å². The largest absolute Gasteiger partial charge is 0.492 e. The van der Waals surface area contributed by atoms with Crippen molar-refractivity contribution in [2.45, 2.75) is 6.61 Å². The minimum atomic E-state index is -2.92. The summed E-state index contributed by atoms with van der Waals surface area (Å²) < 4.78 is 32.9. The van der Waals surface area contributed by atoms with Gasteiger partial charge in [-0.1, -0.05) is 12.1 Å². The Hall–Kier alpha value is -1.36. The Morgan fingerprint density at radius 3 is 2.64 bits per heavy atom. The Kier molecular flexibility index (Phi) is 3.64. The molecule has 77 valence electrons. The fourth-order valence-electron chi connectivity index (χ4n) is 1.04. The summed E-state index contributed by atoms with van der Waals surface area (Å²) >= 11 is 0. The first-order valence-corrected chi connectivity index (χ1v) is 3.78. The Balaban J connectivity index is 3.02. The molecule has 0 unspecified atom stereocenters. The number of para-hydroxylation sites is 1. The molecular weight excluding hydrogens is 194 g/mol. The molecule has 5 heteroatoms. The van der Waals surface area contributed by atoms with E-state index in [1.54, 1.807) is 0 Å².